The van der Waals surface area contributed by atoms with E-state index in [4.69, 9.17) is 4.42 Å². The van der Waals surface area contributed by atoms with Gasteiger partial charge in [-0.3, -0.25) is 0 Å². The lowest BCUT2D eigenvalue weighted by molar-refractivity contribution is 0.545. The number of para-hydroxylation sites is 3. The van der Waals surface area contributed by atoms with Gasteiger partial charge in [0.15, 0.2) is 0 Å². The molecule has 5 nitrogen and oxygen atoms in total. The van der Waals surface area contributed by atoms with Crippen molar-refractivity contribution in [3.63, 3.8) is 0 Å². The van der Waals surface area contributed by atoms with Crippen molar-refractivity contribution >= 4 is 43.6 Å². The van der Waals surface area contributed by atoms with Gasteiger partial charge in [0.2, 0.25) is 11.8 Å². The topological polar surface area (TPSA) is 48.8 Å². The van der Waals surface area contributed by atoms with Crippen LogP contribution < -0.4 is 0 Å². The molecule has 0 aliphatic rings. The molecule has 2 unspecified atom stereocenters. The summed E-state index contributed by atoms with van der Waals surface area (Å²) in [5.41, 5.74) is 16.4. The predicted molar refractivity (Wildman–Crippen MR) is 277 cm³/mol. The van der Waals surface area contributed by atoms with Gasteiger partial charge in [-0.1, -0.05) is 153 Å². The van der Waals surface area contributed by atoms with Gasteiger partial charge < -0.3 is 13.6 Å². The third-order valence-corrected chi connectivity index (χ3v) is 13.9. The largest absolute Gasteiger partial charge is 0.416 e. The Morgan fingerprint density at radius 3 is 1.28 bits per heavy atom. The number of fused-ring (bicyclic) bond motifs is 6. The standard InChI is InChI=1S/C62H48N4O/c1-3-42(39-41(2)43-21-25-48(26-22-43)61-63-64-62(67-61)49-27-23-45(24-28-49)44-13-5-4-6-14-44)50-33-38-60-56(40-50)55-17-9-12-20-59(55)66(60)52-36-31-47(32-37-52)46-29-34-51(35-30-46)65-57-18-10-7-15-53(57)54-16-8-11-19-58(54)65/h4-38,40-42H,3,39H2,1-2H3. The van der Waals surface area contributed by atoms with Gasteiger partial charge in [0, 0.05) is 44.0 Å². The summed E-state index contributed by atoms with van der Waals surface area (Å²) >= 11 is 0. The van der Waals surface area contributed by atoms with Crippen LogP contribution in [-0.4, -0.2) is 19.3 Å². The second kappa shape index (κ2) is 16.9. The van der Waals surface area contributed by atoms with Gasteiger partial charge in [0.25, 0.3) is 0 Å². The summed E-state index contributed by atoms with van der Waals surface area (Å²) in [6.45, 7) is 4.66. The highest BCUT2D eigenvalue weighted by Gasteiger charge is 2.20. The molecule has 3 aromatic heterocycles. The summed E-state index contributed by atoms with van der Waals surface area (Å²) in [5, 5.41) is 13.9. The lowest BCUT2D eigenvalue weighted by Gasteiger charge is -2.21. The molecule has 9 aromatic carbocycles. The first-order valence-corrected chi connectivity index (χ1v) is 23.4. The predicted octanol–water partition coefficient (Wildman–Crippen LogP) is 16.6. The Labute approximate surface area is 390 Å². The van der Waals surface area contributed by atoms with Crippen molar-refractivity contribution in [2.45, 2.75) is 38.5 Å². The summed E-state index contributed by atoms with van der Waals surface area (Å²) in [6.07, 6.45) is 2.11. The van der Waals surface area contributed by atoms with Crippen LogP contribution in [0.1, 0.15) is 49.7 Å². The van der Waals surface area contributed by atoms with Gasteiger partial charge in [-0.2, -0.15) is 0 Å². The highest BCUT2D eigenvalue weighted by molar-refractivity contribution is 6.10. The second-order valence-corrected chi connectivity index (χ2v) is 17.8. The minimum atomic E-state index is 0.362. The molecular weight excluding hydrogens is 817 g/mol. The SMILES string of the molecule is CCC(CC(C)c1ccc(-c2nnc(-c3ccc(-c4ccccc4)cc3)o2)cc1)c1ccc2c(c1)c1ccccc1n2-c1ccc(-c2ccc(-n3c4ccccc4c4ccccc43)cc2)cc1. The van der Waals surface area contributed by atoms with Gasteiger partial charge in [-0.15, -0.1) is 10.2 Å². The summed E-state index contributed by atoms with van der Waals surface area (Å²) in [5.74, 6) is 1.82. The monoisotopic (exact) mass is 864 g/mol. The van der Waals surface area contributed by atoms with Crippen molar-refractivity contribution in [1.82, 2.24) is 19.3 Å². The molecule has 0 saturated carbocycles. The molecule has 0 fully saturated rings. The fourth-order valence-corrected chi connectivity index (χ4v) is 10.3. The lowest BCUT2D eigenvalue weighted by atomic mass is 9.84. The van der Waals surface area contributed by atoms with Crippen molar-refractivity contribution in [2.24, 2.45) is 0 Å². The van der Waals surface area contributed by atoms with Crippen LogP contribution in [0, 0.1) is 0 Å². The van der Waals surface area contributed by atoms with Gasteiger partial charge in [-0.05, 0) is 137 Å². The fourth-order valence-electron chi connectivity index (χ4n) is 10.3. The number of aromatic nitrogens is 4. The maximum atomic E-state index is 6.17. The minimum Gasteiger partial charge on any atom is -0.416 e. The Morgan fingerprint density at radius 1 is 0.388 bits per heavy atom. The second-order valence-electron chi connectivity index (χ2n) is 17.8. The minimum absolute atomic E-state index is 0.362. The van der Waals surface area contributed by atoms with E-state index in [9.17, 15) is 0 Å². The Hall–Kier alpha value is -8.28. The Kier molecular flexibility index (Phi) is 10.2. The van der Waals surface area contributed by atoms with E-state index in [0.717, 1.165) is 40.9 Å². The van der Waals surface area contributed by atoms with Crippen molar-refractivity contribution in [3.05, 3.63) is 230 Å². The van der Waals surface area contributed by atoms with Crippen molar-refractivity contribution in [3.8, 4) is 56.5 Å². The average Bonchev–Trinajstić information content (AvgIpc) is 4.12. The highest BCUT2D eigenvalue weighted by atomic mass is 16.4. The summed E-state index contributed by atoms with van der Waals surface area (Å²) in [7, 11) is 0. The Bertz CT molecular complexity index is 3640. The first-order chi connectivity index (χ1) is 33.1. The molecule has 0 amide bonds. The number of hydrogen-bond acceptors (Lipinski definition) is 3. The molecule has 0 bridgehead atoms. The molecule has 0 spiro atoms. The maximum Gasteiger partial charge on any atom is 0.248 e. The van der Waals surface area contributed by atoms with E-state index < -0.39 is 0 Å². The van der Waals surface area contributed by atoms with E-state index >= 15 is 0 Å². The number of benzene rings is 9. The van der Waals surface area contributed by atoms with Gasteiger partial charge >= 0.3 is 0 Å². The van der Waals surface area contributed by atoms with Crippen LogP contribution in [0.3, 0.4) is 0 Å². The van der Waals surface area contributed by atoms with E-state index in [1.807, 2.05) is 18.2 Å². The summed E-state index contributed by atoms with van der Waals surface area (Å²) in [6, 6.07) is 78.6. The Balaban J connectivity index is 0.766. The molecule has 0 N–H and O–H groups in total. The van der Waals surface area contributed by atoms with Crippen molar-refractivity contribution in [2.75, 3.05) is 0 Å². The molecule has 5 heteroatoms. The smallest absolute Gasteiger partial charge is 0.248 e. The first-order valence-electron chi connectivity index (χ1n) is 23.4. The van der Waals surface area contributed by atoms with E-state index in [1.54, 1.807) is 0 Å². The molecule has 2 atom stereocenters. The van der Waals surface area contributed by atoms with Crippen molar-refractivity contribution < 1.29 is 4.42 Å². The first kappa shape index (κ1) is 40.2. The van der Waals surface area contributed by atoms with E-state index in [1.165, 1.54) is 71.4 Å². The van der Waals surface area contributed by atoms with Crippen molar-refractivity contribution in [1.29, 1.82) is 0 Å². The third kappa shape index (κ3) is 7.30. The quantitative estimate of drug-likeness (QED) is 0.130. The van der Waals surface area contributed by atoms with Crippen LogP contribution in [0.15, 0.2) is 223 Å². The van der Waals surface area contributed by atoms with Gasteiger partial charge in [0.1, 0.15) is 0 Å². The molecule has 0 aliphatic heterocycles. The van der Waals surface area contributed by atoms with Crippen LogP contribution in [0.2, 0.25) is 0 Å². The molecule has 12 rings (SSSR count). The third-order valence-electron chi connectivity index (χ3n) is 13.9. The van der Waals surface area contributed by atoms with Crippen LogP contribution in [-0.2, 0) is 0 Å². The number of nitrogens with zero attached hydrogens (tertiary/aromatic N) is 4. The molecule has 67 heavy (non-hydrogen) atoms. The zero-order valence-corrected chi connectivity index (χ0v) is 37.6. The zero-order chi connectivity index (χ0) is 44.8. The lowest BCUT2D eigenvalue weighted by Crippen LogP contribution is -2.04. The van der Waals surface area contributed by atoms with Gasteiger partial charge in [0.05, 0.1) is 22.1 Å². The molecule has 322 valence electrons. The molecule has 12 aromatic rings. The number of rotatable bonds is 11. The van der Waals surface area contributed by atoms with Crippen LogP contribution in [0.25, 0.3) is 100 Å². The molecule has 0 saturated heterocycles. The molecule has 0 aliphatic carbocycles. The maximum absolute atomic E-state index is 6.17. The van der Waals surface area contributed by atoms with E-state index in [-0.39, 0.29) is 0 Å². The van der Waals surface area contributed by atoms with Gasteiger partial charge in [-0.25, -0.2) is 0 Å². The Morgan fingerprint density at radius 2 is 0.776 bits per heavy atom. The normalized spacial score (nSPS) is 12.6. The fraction of sp³-hybridized carbons (Fsp3) is 0.0968. The zero-order valence-electron chi connectivity index (χ0n) is 37.6. The van der Waals surface area contributed by atoms with Crippen LogP contribution >= 0.6 is 0 Å². The van der Waals surface area contributed by atoms with E-state index in [2.05, 4.69) is 233 Å². The molecular formula is C62H48N4O. The molecule has 3 heterocycles. The average molecular weight is 865 g/mol. The summed E-state index contributed by atoms with van der Waals surface area (Å²) in [4.78, 5) is 0. The van der Waals surface area contributed by atoms with E-state index in [0.29, 0.717) is 23.6 Å². The van der Waals surface area contributed by atoms with Crippen LogP contribution in [0.5, 0.6) is 0 Å². The summed E-state index contributed by atoms with van der Waals surface area (Å²) < 4.78 is 11.0. The molecule has 0 radical (unpaired) electrons. The number of hydrogen-bond donors (Lipinski definition) is 0. The van der Waals surface area contributed by atoms with Crippen LogP contribution in [0.4, 0.5) is 0 Å². The highest BCUT2D eigenvalue weighted by Crippen LogP contribution is 2.39.